The molecule has 3 rings (SSSR count). The zero-order valence-electron chi connectivity index (χ0n) is 17.0. The predicted octanol–water partition coefficient (Wildman–Crippen LogP) is 5.64. The number of benzene rings is 1. The molecule has 1 N–H and O–H groups in total. The Hall–Kier alpha value is -1.48. The number of fused-ring (bicyclic) bond motifs is 1. The zero-order chi connectivity index (χ0) is 18.8. The molecule has 1 aromatic rings. The number of Topliss-reactive ketones (excluding diaryl/α,β-unsaturated/α-hetero) is 1. The molecule has 0 saturated carbocycles. The van der Waals surface area contributed by atoms with Gasteiger partial charge in [0.15, 0.2) is 5.78 Å². The highest BCUT2D eigenvalue weighted by Crippen LogP contribution is 2.36. The first-order valence-corrected chi connectivity index (χ1v) is 10.3. The quantitative estimate of drug-likeness (QED) is 0.509. The summed E-state index contributed by atoms with van der Waals surface area (Å²) < 4.78 is 0. The van der Waals surface area contributed by atoms with Gasteiger partial charge in [-0.2, -0.15) is 0 Å². The molecule has 2 heterocycles. The average molecular weight is 355 g/mol. The molecule has 3 heteroatoms. The highest BCUT2D eigenvalue weighted by Gasteiger charge is 2.36. The lowest BCUT2D eigenvalue weighted by atomic mass is 9.89. The number of hydrogen-bond acceptors (Lipinski definition) is 3. The molecular formula is C23H34N2O. The molecule has 2 aliphatic heterocycles. The molecule has 0 aromatic heterocycles. The van der Waals surface area contributed by atoms with Crippen molar-refractivity contribution in [2.24, 2.45) is 10.4 Å². The summed E-state index contributed by atoms with van der Waals surface area (Å²) in [5.41, 5.74) is 4.59. The summed E-state index contributed by atoms with van der Waals surface area (Å²) in [5.74, 6) is 0.257. The van der Waals surface area contributed by atoms with Crippen LogP contribution in [0.1, 0.15) is 88.6 Å². The molecule has 0 radical (unpaired) electrons. The van der Waals surface area contributed by atoms with Crippen molar-refractivity contribution in [2.75, 3.05) is 6.54 Å². The van der Waals surface area contributed by atoms with Gasteiger partial charge in [0, 0.05) is 24.1 Å². The third kappa shape index (κ3) is 4.43. The van der Waals surface area contributed by atoms with Gasteiger partial charge in [-0.25, -0.2) is 0 Å². The third-order valence-corrected chi connectivity index (χ3v) is 5.86. The third-order valence-electron chi connectivity index (χ3n) is 5.86. The number of nitrogens with one attached hydrogen (secondary N) is 1. The van der Waals surface area contributed by atoms with Gasteiger partial charge in [0.2, 0.25) is 0 Å². The minimum atomic E-state index is 0.00624. The summed E-state index contributed by atoms with van der Waals surface area (Å²) in [6.45, 7) is 10.1. The normalized spacial score (nSPS) is 22.4. The Kier molecular flexibility index (Phi) is 5.67. The number of para-hydroxylation sites is 1. The molecule has 26 heavy (non-hydrogen) atoms. The molecule has 1 aromatic carbocycles. The molecule has 0 bridgehead atoms. The average Bonchev–Trinajstić information content (AvgIpc) is 3.20. The van der Waals surface area contributed by atoms with Gasteiger partial charge < -0.3 is 5.32 Å². The minimum absolute atomic E-state index is 0.00624. The van der Waals surface area contributed by atoms with Gasteiger partial charge >= 0.3 is 0 Å². The summed E-state index contributed by atoms with van der Waals surface area (Å²) in [7, 11) is 0. The second-order valence-electron chi connectivity index (χ2n) is 9.46. The van der Waals surface area contributed by atoms with Gasteiger partial charge in [0.1, 0.15) is 0 Å². The summed E-state index contributed by atoms with van der Waals surface area (Å²) in [5, 5.41) is 3.60. The van der Waals surface area contributed by atoms with Crippen molar-refractivity contribution in [1.29, 1.82) is 0 Å². The number of carbonyl (C=O) groups excluding carboxylic acids is 1. The van der Waals surface area contributed by atoms with Crippen LogP contribution in [0, 0.1) is 5.41 Å². The number of aliphatic imine (C=N–C) groups is 1. The van der Waals surface area contributed by atoms with E-state index in [1.807, 2.05) is 12.1 Å². The standard InChI is InChI=1S/C23H34N2O/c1-22(2,3)13-7-5-6-12-19(26)18-11-8-10-17-16-20(25-21(17)18)23(4)14-9-15-24-23/h8,10-11,24H,5-7,9,12-16H2,1-4H3/t23-/m0/s1. The van der Waals surface area contributed by atoms with Gasteiger partial charge in [-0.3, -0.25) is 9.79 Å². The van der Waals surface area contributed by atoms with E-state index in [2.05, 4.69) is 39.1 Å². The van der Waals surface area contributed by atoms with Crippen molar-refractivity contribution in [3.05, 3.63) is 29.3 Å². The van der Waals surface area contributed by atoms with E-state index in [-0.39, 0.29) is 11.3 Å². The maximum Gasteiger partial charge on any atom is 0.165 e. The van der Waals surface area contributed by atoms with E-state index in [0.717, 1.165) is 43.5 Å². The van der Waals surface area contributed by atoms with Crippen LogP contribution in [0.2, 0.25) is 0 Å². The number of unbranched alkanes of at least 4 members (excludes halogenated alkanes) is 2. The Morgan fingerprint density at radius 2 is 2.04 bits per heavy atom. The van der Waals surface area contributed by atoms with E-state index in [9.17, 15) is 4.79 Å². The number of rotatable bonds is 7. The smallest absolute Gasteiger partial charge is 0.165 e. The highest BCUT2D eigenvalue weighted by atomic mass is 16.1. The van der Waals surface area contributed by atoms with Crippen molar-refractivity contribution in [1.82, 2.24) is 5.32 Å². The summed E-state index contributed by atoms with van der Waals surface area (Å²) >= 11 is 0. The lowest BCUT2D eigenvalue weighted by molar-refractivity contribution is 0.0979. The zero-order valence-corrected chi connectivity index (χ0v) is 17.0. The van der Waals surface area contributed by atoms with Crippen molar-refractivity contribution in [3.8, 4) is 0 Å². The van der Waals surface area contributed by atoms with Gasteiger partial charge in [-0.15, -0.1) is 0 Å². The van der Waals surface area contributed by atoms with Crippen LogP contribution in [-0.4, -0.2) is 23.6 Å². The van der Waals surface area contributed by atoms with Crippen LogP contribution in [0.4, 0.5) is 5.69 Å². The second kappa shape index (κ2) is 7.64. The Balaban J connectivity index is 1.62. The fourth-order valence-electron chi connectivity index (χ4n) is 4.16. The molecule has 2 aliphatic rings. The molecular weight excluding hydrogens is 320 g/mol. The van der Waals surface area contributed by atoms with Crippen LogP contribution < -0.4 is 5.32 Å². The molecule has 0 aliphatic carbocycles. The topological polar surface area (TPSA) is 41.5 Å². The van der Waals surface area contributed by atoms with Crippen molar-refractivity contribution >= 4 is 17.2 Å². The Morgan fingerprint density at radius 3 is 2.73 bits per heavy atom. The number of ketones is 1. The first-order valence-electron chi connectivity index (χ1n) is 10.3. The first kappa shape index (κ1) is 19.3. The monoisotopic (exact) mass is 354 g/mol. The van der Waals surface area contributed by atoms with E-state index in [0.29, 0.717) is 11.8 Å². The minimum Gasteiger partial charge on any atom is -0.307 e. The highest BCUT2D eigenvalue weighted by molar-refractivity contribution is 6.07. The molecule has 0 spiro atoms. The van der Waals surface area contributed by atoms with Crippen LogP contribution in [0.5, 0.6) is 0 Å². The van der Waals surface area contributed by atoms with E-state index in [4.69, 9.17) is 4.99 Å². The Labute approximate surface area is 158 Å². The second-order valence-corrected chi connectivity index (χ2v) is 9.46. The maximum absolute atomic E-state index is 12.8. The fraction of sp³-hybridized carbons (Fsp3) is 0.652. The molecule has 1 saturated heterocycles. The van der Waals surface area contributed by atoms with E-state index in [1.54, 1.807) is 0 Å². The van der Waals surface area contributed by atoms with E-state index >= 15 is 0 Å². The first-order chi connectivity index (χ1) is 12.3. The Bertz CT molecular complexity index is 691. The lowest BCUT2D eigenvalue weighted by Gasteiger charge is -2.24. The Morgan fingerprint density at radius 1 is 1.23 bits per heavy atom. The largest absolute Gasteiger partial charge is 0.307 e. The van der Waals surface area contributed by atoms with Crippen LogP contribution >= 0.6 is 0 Å². The summed E-state index contributed by atoms with van der Waals surface area (Å²) in [6.07, 6.45) is 8.40. The van der Waals surface area contributed by atoms with Gasteiger partial charge in [-0.1, -0.05) is 45.7 Å². The van der Waals surface area contributed by atoms with Crippen LogP contribution in [0.15, 0.2) is 23.2 Å². The van der Waals surface area contributed by atoms with Crippen molar-refractivity contribution in [3.63, 3.8) is 0 Å². The lowest BCUT2D eigenvalue weighted by Crippen LogP contribution is -2.44. The molecule has 1 atom stereocenters. The van der Waals surface area contributed by atoms with Crippen LogP contribution in [0.25, 0.3) is 0 Å². The summed E-state index contributed by atoms with van der Waals surface area (Å²) in [6, 6.07) is 6.12. The molecule has 0 unspecified atom stereocenters. The molecule has 142 valence electrons. The molecule has 3 nitrogen and oxygen atoms in total. The van der Waals surface area contributed by atoms with Crippen LogP contribution in [-0.2, 0) is 6.42 Å². The van der Waals surface area contributed by atoms with Gasteiger partial charge in [-0.05, 0) is 56.2 Å². The molecule has 1 fully saturated rings. The number of carbonyl (C=O) groups is 1. The van der Waals surface area contributed by atoms with E-state index in [1.165, 1.54) is 30.5 Å². The van der Waals surface area contributed by atoms with Crippen molar-refractivity contribution in [2.45, 2.75) is 84.6 Å². The SMILES string of the molecule is CC(C)(C)CCCCCC(=O)c1cccc2c1N=C([C@]1(C)CCCN1)C2. The van der Waals surface area contributed by atoms with E-state index < -0.39 is 0 Å². The number of hydrogen-bond donors (Lipinski definition) is 1. The maximum atomic E-state index is 12.8. The predicted molar refractivity (Wildman–Crippen MR) is 110 cm³/mol. The van der Waals surface area contributed by atoms with Crippen molar-refractivity contribution < 1.29 is 4.79 Å². The molecule has 0 amide bonds. The van der Waals surface area contributed by atoms with Crippen LogP contribution in [0.3, 0.4) is 0 Å². The van der Waals surface area contributed by atoms with Gasteiger partial charge in [0.05, 0.1) is 11.2 Å². The number of nitrogens with zero attached hydrogens (tertiary/aromatic N) is 1. The summed E-state index contributed by atoms with van der Waals surface area (Å²) in [4.78, 5) is 17.7. The van der Waals surface area contributed by atoms with Gasteiger partial charge in [0.25, 0.3) is 0 Å². The fourth-order valence-corrected chi connectivity index (χ4v) is 4.16.